The van der Waals surface area contributed by atoms with Gasteiger partial charge in [0.25, 0.3) is 10.0 Å². The first-order chi connectivity index (χ1) is 9.57. The molecule has 0 spiro atoms. The molecule has 108 valence electrons. The Kier molecular flexibility index (Phi) is 3.61. The number of aromatic nitrogens is 2. The van der Waals surface area contributed by atoms with Crippen LogP contribution in [0.4, 0.5) is 0 Å². The number of sulfonamides is 1. The molecule has 6 nitrogen and oxygen atoms in total. The Hall–Kier alpha value is -1.25. The third-order valence-electron chi connectivity index (χ3n) is 3.37. The molecule has 2 aromatic heterocycles. The summed E-state index contributed by atoms with van der Waals surface area (Å²) in [6.07, 6.45) is 1.68. The van der Waals surface area contributed by atoms with Crippen LogP contribution in [0.25, 0.3) is 0 Å². The average molecular weight is 313 g/mol. The Bertz CT molecular complexity index is 679. The highest BCUT2D eigenvalue weighted by Crippen LogP contribution is 2.30. The highest BCUT2D eigenvalue weighted by Gasteiger charge is 2.33. The summed E-state index contributed by atoms with van der Waals surface area (Å²) in [5.74, 6) is 1.10. The molecule has 0 unspecified atom stereocenters. The van der Waals surface area contributed by atoms with Crippen molar-refractivity contribution >= 4 is 21.4 Å². The zero-order chi connectivity index (χ0) is 14.2. The Balaban J connectivity index is 1.82. The van der Waals surface area contributed by atoms with Crippen LogP contribution >= 0.6 is 11.3 Å². The van der Waals surface area contributed by atoms with E-state index in [2.05, 4.69) is 10.1 Å². The molecule has 1 saturated heterocycles. The third-order valence-corrected chi connectivity index (χ3v) is 6.60. The standard InChI is InChI=1S/C12H15N3O3S2/c1-9-13-12(18-14-9)10-4-2-6-15(8-10)20(16,17)11-5-3-7-19-11/h3,5,7,10H,2,4,6,8H2,1H3/t10-/m0/s1. The minimum absolute atomic E-state index is 0.0142. The van der Waals surface area contributed by atoms with Crippen LogP contribution in [0.3, 0.4) is 0 Å². The number of hydrogen-bond donors (Lipinski definition) is 0. The van der Waals surface area contributed by atoms with E-state index in [1.165, 1.54) is 15.6 Å². The van der Waals surface area contributed by atoms with E-state index >= 15 is 0 Å². The van der Waals surface area contributed by atoms with Gasteiger partial charge in [-0.1, -0.05) is 11.2 Å². The molecule has 0 N–H and O–H groups in total. The molecule has 8 heteroatoms. The Morgan fingerprint density at radius 3 is 3.00 bits per heavy atom. The van der Waals surface area contributed by atoms with E-state index < -0.39 is 10.0 Å². The number of hydrogen-bond acceptors (Lipinski definition) is 6. The lowest BCUT2D eigenvalue weighted by Crippen LogP contribution is -2.38. The predicted octanol–water partition coefficient (Wildman–Crippen LogP) is 2.01. The van der Waals surface area contributed by atoms with Gasteiger partial charge in [0.1, 0.15) is 4.21 Å². The van der Waals surface area contributed by atoms with E-state index in [1.807, 2.05) is 0 Å². The van der Waals surface area contributed by atoms with E-state index in [9.17, 15) is 8.42 Å². The van der Waals surface area contributed by atoms with Crippen molar-refractivity contribution in [2.45, 2.75) is 29.9 Å². The topological polar surface area (TPSA) is 76.3 Å². The van der Waals surface area contributed by atoms with Crippen molar-refractivity contribution in [1.29, 1.82) is 0 Å². The minimum Gasteiger partial charge on any atom is -0.339 e. The fraction of sp³-hybridized carbons (Fsp3) is 0.500. The van der Waals surface area contributed by atoms with Crippen LogP contribution in [0.5, 0.6) is 0 Å². The highest BCUT2D eigenvalue weighted by molar-refractivity contribution is 7.91. The second kappa shape index (κ2) is 5.27. The smallest absolute Gasteiger partial charge is 0.252 e. The largest absolute Gasteiger partial charge is 0.339 e. The second-order valence-electron chi connectivity index (χ2n) is 4.81. The van der Waals surface area contributed by atoms with Crippen LogP contribution in [-0.4, -0.2) is 36.0 Å². The minimum atomic E-state index is -3.39. The Labute approximate surface area is 121 Å². The van der Waals surface area contributed by atoms with Crippen LogP contribution in [-0.2, 0) is 10.0 Å². The summed E-state index contributed by atoms with van der Waals surface area (Å²) in [4.78, 5) is 4.22. The Morgan fingerprint density at radius 2 is 2.35 bits per heavy atom. The van der Waals surface area contributed by atoms with E-state index in [-0.39, 0.29) is 5.92 Å². The summed E-state index contributed by atoms with van der Waals surface area (Å²) in [5, 5.41) is 5.55. The van der Waals surface area contributed by atoms with Gasteiger partial charge in [-0.25, -0.2) is 8.42 Å². The Morgan fingerprint density at radius 1 is 1.50 bits per heavy atom. The summed E-state index contributed by atoms with van der Waals surface area (Å²) >= 11 is 1.24. The first-order valence-corrected chi connectivity index (χ1v) is 8.73. The first kappa shape index (κ1) is 13.7. The molecule has 3 rings (SSSR count). The molecule has 0 bridgehead atoms. The molecule has 0 radical (unpaired) electrons. The van der Waals surface area contributed by atoms with Gasteiger partial charge in [0.05, 0.1) is 5.92 Å². The van der Waals surface area contributed by atoms with Crippen LogP contribution in [0.2, 0.25) is 0 Å². The van der Waals surface area contributed by atoms with Crippen molar-refractivity contribution in [1.82, 2.24) is 14.4 Å². The van der Waals surface area contributed by atoms with Gasteiger partial charge >= 0.3 is 0 Å². The molecule has 0 amide bonds. The lowest BCUT2D eigenvalue weighted by molar-refractivity contribution is 0.265. The molecule has 0 aromatic carbocycles. The second-order valence-corrected chi connectivity index (χ2v) is 7.93. The SMILES string of the molecule is Cc1noc([C@H]2CCCN(S(=O)(=O)c3cccs3)C2)n1. The maximum Gasteiger partial charge on any atom is 0.252 e. The van der Waals surface area contributed by atoms with Crippen molar-refractivity contribution < 1.29 is 12.9 Å². The molecule has 1 fully saturated rings. The molecule has 1 atom stereocenters. The molecule has 1 aliphatic rings. The zero-order valence-corrected chi connectivity index (χ0v) is 12.7. The summed E-state index contributed by atoms with van der Waals surface area (Å²) in [7, 11) is -3.39. The fourth-order valence-electron chi connectivity index (χ4n) is 2.38. The van der Waals surface area contributed by atoms with Crippen LogP contribution in [0.15, 0.2) is 26.2 Å². The maximum absolute atomic E-state index is 12.5. The van der Waals surface area contributed by atoms with Gasteiger partial charge in [0.15, 0.2) is 5.82 Å². The summed E-state index contributed by atoms with van der Waals surface area (Å²) in [6, 6.07) is 3.39. The molecule has 2 aromatic rings. The average Bonchev–Trinajstić information content (AvgIpc) is 3.10. The molecule has 20 heavy (non-hydrogen) atoms. The van der Waals surface area contributed by atoms with Crippen LogP contribution in [0.1, 0.15) is 30.5 Å². The van der Waals surface area contributed by atoms with Crippen molar-refractivity contribution in [3.05, 3.63) is 29.2 Å². The van der Waals surface area contributed by atoms with E-state index in [4.69, 9.17) is 4.52 Å². The van der Waals surface area contributed by atoms with Gasteiger partial charge in [0.2, 0.25) is 5.89 Å². The fourth-order valence-corrected chi connectivity index (χ4v) is 5.05. The van der Waals surface area contributed by atoms with Gasteiger partial charge in [0, 0.05) is 13.1 Å². The van der Waals surface area contributed by atoms with Gasteiger partial charge in [-0.2, -0.15) is 9.29 Å². The monoisotopic (exact) mass is 313 g/mol. The number of rotatable bonds is 3. The zero-order valence-electron chi connectivity index (χ0n) is 11.0. The van der Waals surface area contributed by atoms with Gasteiger partial charge < -0.3 is 4.52 Å². The molecule has 0 aliphatic carbocycles. The third kappa shape index (κ3) is 2.50. The van der Waals surface area contributed by atoms with Crippen molar-refractivity contribution in [3.8, 4) is 0 Å². The van der Waals surface area contributed by atoms with E-state index in [0.29, 0.717) is 29.0 Å². The highest BCUT2D eigenvalue weighted by atomic mass is 32.2. The van der Waals surface area contributed by atoms with Gasteiger partial charge in [-0.3, -0.25) is 0 Å². The molecule has 3 heterocycles. The summed E-state index contributed by atoms with van der Waals surface area (Å²) in [6.45, 7) is 2.71. The number of piperidine rings is 1. The van der Waals surface area contributed by atoms with Gasteiger partial charge in [-0.15, -0.1) is 11.3 Å². The number of nitrogens with zero attached hydrogens (tertiary/aromatic N) is 3. The van der Waals surface area contributed by atoms with E-state index in [0.717, 1.165) is 12.8 Å². The van der Waals surface area contributed by atoms with Crippen LogP contribution < -0.4 is 0 Å². The van der Waals surface area contributed by atoms with Gasteiger partial charge in [-0.05, 0) is 31.2 Å². The lowest BCUT2D eigenvalue weighted by atomic mass is 10.00. The summed E-state index contributed by atoms with van der Waals surface area (Å²) < 4.78 is 32.1. The first-order valence-electron chi connectivity index (χ1n) is 6.41. The number of aryl methyl sites for hydroxylation is 1. The van der Waals surface area contributed by atoms with Crippen LogP contribution in [0, 0.1) is 6.92 Å². The maximum atomic E-state index is 12.5. The van der Waals surface area contributed by atoms with E-state index in [1.54, 1.807) is 24.4 Å². The van der Waals surface area contributed by atoms with Crippen molar-refractivity contribution in [3.63, 3.8) is 0 Å². The molecule has 1 aliphatic heterocycles. The molecule has 0 saturated carbocycles. The summed E-state index contributed by atoms with van der Waals surface area (Å²) in [5.41, 5.74) is 0. The molecular formula is C12H15N3O3S2. The molecular weight excluding hydrogens is 298 g/mol. The lowest BCUT2D eigenvalue weighted by Gasteiger charge is -2.29. The normalized spacial score (nSPS) is 21.1. The quantitative estimate of drug-likeness (QED) is 0.866. The van der Waals surface area contributed by atoms with Crippen molar-refractivity contribution in [2.24, 2.45) is 0 Å². The van der Waals surface area contributed by atoms with Crippen molar-refractivity contribution in [2.75, 3.05) is 13.1 Å². The number of thiophene rings is 1. The predicted molar refractivity (Wildman–Crippen MR) is 74.1 cm³/mol.